The number of rotatable bonds is 4. The van der Waals surface area contributed by atoms with E-state index in [9.17, 15) is 14.4 Å². The molecule has 4 N–H and O–H groups in total. The zero-order valence-electron chi connectivity index (χ0n) is 13.5. The van der Waals surface area contributed by atoms with Crippen LogP contribution in [-0.2, 0) is 29.0 Å². The summed E-state index contributed by atoms with van der Waals surface area (Å²) in [5.74, 6) is -2.17. The van der Waals surface area contributed by atoms with Crippen molar-refractivity contribution in [3.8, 4) is 0 Å². The minimum Gasteiger partial charge on any atom is -0.365 e. The monoisotopic (exact) mass is 358 g/mol. The molecule has 0 saturated carbocycles. The number of aryl methyl sites for hydroxylation is 1. The van der Waals surface area contributed by atoms with Crippen molar-refractivity contribution < 1.29 is 14.4 Å². The smallest absolute Gasteiger partial charge is 0.314 e. The van der Waals surface area contributed by atoms with Crippen LogP contribution in [0.2, 0.25) is 0 Å². The van der Waals surface area contributed by atoms with Crippen molar-refractivity contribution in [1.29, 1.82) is 0 Å². The first kappa shape index (κ1) is 17.1. The lowest BCUT2D eigenvalue weighted by Gasteiger charge is -2.11. The van der Waals surface area contributed by atoms with Gasteiger partial charge in [0.25, 0.3) is 5.91 Å². The van der Waals surface area contributed by atoms with Gasteiger partial charge in [-0.2, -0.15) is 0 Å². The minimum absolute atomic E-state index is 0.198. The van der Waals surface area contributed by atoms with Gasteiger partial charge in [-0.15, -0.1) is 11.3 Å². The number of fused-ring (bicyclic) bond motifs is 1. The maximum absolute atomic E-state index is 12.1. The lowest BCUT2D eigenvalue weighted by Crippen LogP contribution is -2.35. The summed E-state index contributed by atoms with van der Waals surface area (Å²) in [6.07, 6.45) is 6.91. The van der Waals surface area contributed by atoms with E-state index in [2.05, 4.69) is 15.6 Å². The first-order valence-electron chi connectivity index (χ1n) is 7.98. The van der Waals surface area contributed by atoms with E-state index in [0.717, 1.165) is 41.7 Å². The van der Waals surface area contributed by atoms with Crippen molar-refractivity contribution >= 4 is 34.1 Å². The number of pyridine rings is 1. The maximum Gasteiger partial charge on any atom is 0.314 e. The van der Waals surface area contributed by atoms with Gasteiger partial charge >= 0.3 is 11.8 Å². The van der Waals surface area contributed by atoms with E-state index in [1.165, 1.54) is 11.3 Å². The number of thiophene rings is 1. The number of hydrogen-bond acceptors (Lipinski definition) is 5. The fraction of sp³-hybridized carbons (Fsp3) is 0.294. The summed E-state index contributed by atoms with van der Waals surface area (Å²) in [6, 6.07) is 3.54. The number of primary amides is 1. The molecule has 0 aromatic carbocycles. The van der Waals surface area contributed by atoms with Gasteiger partial charge in [0, 0.05) is 23.8 Å². The molecule has 0 fully saturated rings. The highest BCUT2D eigenvalue weighted by molar-refractivity contribution is 7.17. The number of carbonyl (C=O) groups is 3. The second kappa shape index (κ2) is 7.43. The third kappa shape index (κ3) is 3.85. The van der Waals surface area contributed by atoms with Crippen LogP contribution in [-0.4, -0.2) is 22.7 Å². The van der Waals surface area contributed by atoms with Crippen LogP contribution < -0.4 is 16.4 Å². The van der Waals surface area contributed by atoms with E-state index in [1.807, 2.05) is 0 Å². The molecule has 3 amide bonds. The number of aromatic nitrogens is 1. The molecular formula is C17H18N4O3S. The number of hydrogen-bond donors (Lipinski definition) is 3. The first-order valence-corrected chi connectivity index (χ1v) is 8.80. The van der Waals surface area contributed by atoms with Crippen molar-refractivity contribution in [2.75, 3.05) is 5.32 Å². The lowest BCUT2D eigenvalue weighted by atomic mass is 9.95. The second-order valence-corrected chi connectivity index (χ2v) is 6.88. The van der Waals surface area contributed by atoms with E-state index in [-0.39, 0.29) is 6.54 Å². The zero-order chi connectivity index (χ0) is 17.8. The largest absolute Gasteiger partial charge is 0.365 e. The van der Waals surface area contributed by atoms with Crippen LogP contribution >= 0.6 is 11.3 Å². The van der Waals surface area contributed by atoms with Crippen molar-refractivity contribution in [3.05, 3.63) is 46.1 Å². The first-order chi connectivity index (χ1) is 12.1. The molecule has 0 spiro atoms. The number of nitrogens with two attached hydrogens (primary N) is 1. The van der Waals surface area contributed by atoms with Crippen molar-refractivity contribution in [2.45, 2.75) is 32.2 Å². The number of amides is 3. The third-order valence-electron chi connectivity index (χ3n) is 4.03. The van der Waals surface area contributed by atoms with Gasteiger partial charge < -0.3 is 16.4 Å². The maximum atomic E-state index is 12.1. The predicted molar refractivity (Wildman–Crippen MR) is 94.2 cm³/mol. The molecule has 0 radical (unpaired) electrons. The molecule has 0 atom stereocenters. The normalized spacial score (nSPS) is 13.0. The highest BCUT2D eigenvalue weighted by atomic mass is 32.1. The van der Waals surface area contributed by atoms with Gasteiger partial charge in [0.05, 0.1) is 5.56 Å². The molecule has 8 heteroatoms. The average molecular weight is 358 g/mol. The molecule has 1 aliphatic carbocycles. The van der Waals surface area contributed by atoms with Crippen LogP contribution in [0.25, 0.3) is 0 Å². The van der Waals surface area contributed by atoms with Gasteiger partial charge in [-0.1, -0.05) is 6.07 Å². The van der Waals surface area contributed by atoms with Gasteiger partial charge in [0.1, 0.15) is 5.00 Å². The summed E-state index contributed by atoms with van der Waals surface area (Å²) in [5.41, 5.74) is 7.52. The molecule has 2 aromatic heterocycles. The van der Waals surface area contributed by atoms with Gasteiger partial charge in [-0.25, -0.2) is 0 Å². The zero-order valence-corrected chi connectivity index (χ0v) is 14.3. The molecule has 130 valence electrons. The van der Waals surface area contributed by atoms with Crippen molar-refractivity contribution in [3.63, 3.8) is 0 Å². The Hall–Kier alpha value is -2.74. The van der Waals surface area contributed by atoms with Crippen LogP contribution in [0.3, 0.4) is 0 Å². The molecule has 1 aliphatic rings. The van der Waals surface area contributed by atoms with Crippen LogP contribution in [0.4, 0.5) is 5.00 Å². The van der Waals surface area contributed by atoms with Crippen molar-refractivity contribution in [2.24, 2.45) is 5.73 Å². The van der Waals surface area contributed by atoms with E-state index in [4.69, 9.17) is 5.73 Å². The molecule has 2 heterocycles. The molecule has 0 saturated heterocycles. The summed E-state index contributed by atoms with van der Waals surface area (Å²) in [7, 11) is 0. The van der Waals surface area contributed by atoms with Gasteiger partial charge in [-0.3, -0.25) is 19.4 Å². The summed E-state index contributed by atoms with van der Waals surface area (Å²) in [4.78, 5) is 40.9. The number of anilines is 1. The number of nitrogens with zero attached hydrogens (tertiary/aromatic N) is 1. The average Bonchev–Trinajstić information content (AvgIpc) is 2.98. The molecule has 3 rings (SSSR count). The summed E-state index contributed by atoms with van der Waals surface area (Å²) in [6.45, 7) is 0.198. The Kier molecular flexibility index (Phi) is 5.08. The van der Waals surface area contributed by atoms with Gasteiger partial charge in [0.2, 0.25) is 0 Å². The summed E-state index contributed by atoms with van der Waals surface area (Å²) < 4.78 is 0. The molecule has 0 unspecified atom stereocenters. The quantitative estimate of drug-likeness (QED) is 0.716. The Morgan fingerprint density at radius 1 is 1.20 bits per heavy atom. The Morgan fingerprint density at radius 3 is 2.72 bits per heavy atom. The topological polar surface area (TPSA) is 114 Å². The highest BCUT2D eigenvalue weighted by Gasteiger charge is 2.26. The van der Waals surface area contributed by atoms with E-state index < -0.39 is 17.7 Å². The van der Waals surface area contributed by atoms with Crippen molar-refractivity contribution in [1.82, 2.24) is 10.3 Å². The fourth-order valence-electron chi connectivity index (χ4n) is 2.84. The fourth-order valence-corrected chi connectivity index (χ4v) is 4.13. The summed E-state index contributed by atoms with van der Waals surface area (Å²) in [5, 5.41) is 5.43. The molecule has 7 nitrogen and oxygen atoms in total. The molecular weight excluding hydrogens is 340 g/mol. The molecule has 25 heavy (non-hydrogen) atoms. The third-order valence-corrected chi connectivity index (χ3v) is 5.23. The number of nitrogens with one attached hydrogen (secondary N) is 2. The van der Waals surface area contributed by atoms with E-state index >= 15 is 0 Å². The summed E-state index contributed by atoms with van der Waals surface area (Å²) >= 11 is 1.33. The Bertz CT molecular complexity index is 817. The Balaban J connectivity index is 1.69. The Morgan fingerprint density at radius 2 is 2.00 bits per heavy atom. The van der Waals surface area contributed by atoms with E-state index in [0.29, 0.717) is 10.6 Å². The molecule has 0 aliphatic heterocycles. The molecule has 0 bridgehead atoms. The number of carbonyl (C=O) groups excluding carboxylic acids is 3. The minimum atomic E-state index is -0.815. The van der Waals surface area contributed by atoms with E-state index in [1.54, 1.807) is 24.5 Å². The Labute approximate surface area is 148 Å². The van der Waals surface area contributed by atoms with Crippen LogP contribution in [0, 0.1) is 0 Å². The molecule has 2 aromatic rings. The SMILES string of the molecule is NC(=O)c1c(NC(=O)C(=O)NCc2cccnc2)sc2c1CCCC2. The standard InChI is InChI=1S/C17H18N4O3S/c18-14(22)13-11-5-1-2-6-12(11)25-17(13)21-16(24)15(23)20-9-10-4-3-7-19-8-10/h3-4,7-8H,1-2,5-6,9H2,(H2,18,22)(H,20,23)(H,21,24). The van der Waals surface area contributed by atoms with Gasteiger partial charge in [0.15, 0.2) is 0 Å². The predicted octanol–water partition coefficient (Wildman–Crippen LogP) is 1.38. The van der Waals surface area contributed by atoms with Crippen LogP contribution in [0.15, 0.2) is 24.5 Å². The second-order valence-electron chi connectivity index (χ2n) is 5.78. The highest BCUT2D eigenvalue weighted by Crippen LogP contribution is 2.37. The van der Waals surface area contributed by atoms with Gasteiger partial charge in [-0.05, 0) is 42.9 Å². The van der Waals surface area contributed by atoms with Crippen LogP contribution in [0.1, 0.15) is 39.2 Å². The van der Waals surface area contributed by atoms with Crippen LogP contribution in [0.5, 0.6) is 0 Å². The lowest BCUT2D eigenvalue weighted by molar-refractivity contribution is -0.136.